The van der Waals surface area contributed by atoms with Crippen LogP contribution in [0.4, 0.5) is 0 Å². The van der Waals surface area contributed by atoms with E-state index in [9.17, 15) is 4.79 Å². The number of halogens is 1. The molecule has 2 aromatic carbocycles. The Bertz CT molecular complexity index is 1370. The molecule has 1 amide bonds. The Kier molecular flexibility index (Phi) is 8.03. The van der Waals surface area contributed by atoms with Crippen molar-refractivity contribution in [3.63, 3.8) is 0 Å². The lowest BCUT2D eigenvalue weighted by Crippen LogP contribution is -2.44. The third kappa shape index (κ3) is 5.49. The van der Waals surface area contributed by atoms with Crippen LogP contribution in [0.25, 0.3) is 21.3 Å². The smallest absolute Gasteiger partial charge is 0.266 e. The molecule has 0 atom stereocenters. The molecule has 1 saturated carbocycles. The Hall–Kier alpha value is -3.00. The van der Waals surface area contributed by atoms with Crippen LogP contribution in [-0.4, -0.2) is 46.5 Å². The van der Waals surface area contributed by atoms with Gasteiger partial charge in [-0.1, -0.05) is 29.8 Å². The molecule has 6 nitrogen and oxygen atoms in total. The first-order valence-electron chi connectivity index (χ1n) is 12.8. The molecule has 1 aliphatic rings. The van der Waals surface area contributed by atoms with Crippen LogP contribution in [0, 0.1) is 0 Å². The summed E-state index contributed by atoms with van der Waals surface area (Å²) in [5.41, 5.74) is 2.68. The molecule has 1 aliphatic carbocycles. The second-order valence-electron chi connectivity index (χ2n) is 9.31. The average Bonchev–Trinajstić information content (AvgIpc) is 3.29. The maximum atomic E-state index is 14.2. The first-order chi connectivity index (χ1) is 18.1. The van der Waals surface area contributed by atoms with Crippen LogP contribution in [0.2, 0.25) is 5.02 Å². The van der Waals surface area contributed by atoms with Gasteiger partial charge in [-0.05, 0) is 63.9 Å². The number of hydrogen-bond acceptors (Lipinski definition) is 6. The highest BCUT2D eigenvalue weighted by atomic mass is 35.5. The third-order valence-electron chi connectivity index (χ3n) is 7.10. The number of nitrogens with zero attached hydrogens (tertiary/aromatic N) is 3. The molecule has 1 N–H and O–H groups in total. The van der Waals surface area contributed by atoms with Crippen molar-refractivity contribution in [3.05, 3.63) is 76.5 Å². The van der Waals surface area contributed by atoms with Gasteiger partial charge in [0.25, 0.3) is 5.91 Å². The number of aromatic nitrogens is 2. The summed E-state index contributed by atoms with van der Waals surface area (Å²) in [6.07, 6.45) is 9.03. The van der Waals surface area contributed by atoms with E-state index in [1.165, 1.54) is 11.3 Å². The van der Waals surface area contributed by atoms with Crippen molar-refractivity contribution in [2.45, 2.75) is 51.2 Å². The maximum absolute atomic E-state index is 14.2. The number of fused-ring (bicyclic) bond motifs is 1. The van der Waals surface area contributed by atoms with Crippen molar-refractivity contribution >= 4 is 38.9 Å². The SMILES string of the molecule is CCOc1ccc(-c2cnccn2)cc1CN(C(=O)c1sc2ccccc2c1Cl)[C@H]1CC[C@@H](NC)CC1. The van der Waals surface area contributed by atoms with Crippen molar-refractivity contribution in [2.75, 3.05) is 13.7 Å². The fraction of sp³-hybridized carbons (Fsp3) is 0.345. The van der Waals surface area contributed by atoms with E-state index in [1.54, 1.807) is 18.6 Å². The second kappa shape index (κ2) is 11.6. The molecule has 2 aromatic heterocycles. The van der Waals surface area contributed by atoms with Gasteiger partial charge in [-0.2, -0.15) is 0 Å². The zero-order chi connectivity index (χ0) is 25.8. The number of amides is 1. The van der Waals surface area contributed by atoms with Gasteiger partial charge in [0.2, 0.25) is 0 Å². The third-order valence-corrected chi connectivity index (χ3v) is 8.76. The van der Waals surface area contributed by atoms with Crippen LogP contribution in [0.3, 0.4) is 0 Å². The van der Waals surface area contributed by atoms with E-state index in [-0.39, 0.29) is 11.9 Å². The van der Waals surface area contributed by atoms with Gasteiger partial charge in [-0.15, -0.1) is 11.3 Å². The number of benzene rings is 2. The average molecular weight is 535 g/mol. The van der Waals surface area contributed by atoms with E-state index in [1.807, 2.05) is 55.3 Å². The van der Waals surface area contributed by atoms with Gasteiger partial charge >= 0.3 is 0 Å². The van der Waals surface area contributed by atoms with E-state index in [2.05, 4.69) is 21.4 Å². The molecule has 37 heavy (non-hydrogen) atoms. The molecule has 0 aliphatic heterocycles. The van der Waals surface area contributed by atoms with E-state index >= 15 is 0 Å². The minimum absolute atomic E-state index is 0.0218. The Balaban J connectivity index is 1.53. The number of carbonyl (C=O) groups is 1. The van der Waals surface area contributed by atoms with Crippen LogP contribution >= 0.6 is 22.9 Å². The molecule has 8 heteroatoms. The quantitative estimate of drug-likeness (QED) is 0.276. The topological polar surface area (TPSA) is 67.4 Å². The van der Waals surface area contributed by atoms with E-state index < -0.39 is 0 Å². The minimum atomic E-state index is -0.0218. The molecule has 192 valence electrons. The summed E-state index contributed by atoms with van der Waals surface area (Å²) in [4.78, 5) is 25.5. The molecular formula is C29H31ClN4O2S. The van der Waals surface area contributed by atoms with Crippen LogP contribution in [0.1, 0.15) is 47.8 Å². The van der Waals surface area contributed by atoms with Crippen LogP contribution in [0.5, 0.6) is 5.75 Å². The molecule has 0 saturated heterocycles. The molecule has 0 unspecified atom stereocenters. The summed E-state index contributed by atoms with van der Waals surface area (Å²) in [6, 6.07) is 14.6. The summed E-state index contributed by atoms with van der Waals surface area (Å²) in [5.74, 6) is 0.755. The second-order valence-corrected chi connectivity index (χ2v) is 10.7. The number of ether oxygens (including phenoxy) is 1. The van der Waals surface area contributed by atoms with Crippen molar-refractivity contribution in [3.8, 4) is 17.0 Å². The highest BCUT2D eigenvalue weighted by molar-refractivity contribution is 7.21. The molecule has 1 fully saturated rings. The largest absolute Gasteiger partial charge is 0.494 e. The maximum Gasteiger partial charge on any atom is 0.266 e. The lowest BCUT2D eigenvalue weighted by Gasteiger charge is -2.37. The van der Waals surface area contributed by atoms with E-state index in [4.69, 9.17) is 16.3 Å². The Morgan fingerprint density at radius 3 is 2.68 bits per heavy atom. The molecule has 0 radical (unpaired) electrons. The van der Waals surface area contributed by atoms with E-state index in [0.29, 0.717) is 29.1 Å². The first kappa shape index (κ1) is 25.6. The van der Waals surface area contributed by atoms with Gasteiger partial charge in [0, 0.05) is 52.2 Å². The molecule has 0 spiro atoms. The Labute approximate surface area is 226 Å². The van der Waals surface area contributed by atoms with Crippen molar-refractivity contribution in [1.82, 2.24) is 20.2 Å². The zero-order valence-electron chi connectivity index (χ0n) is 21.1. The molecule has 5 rings (SSSR count). The zero-order valence-corrected chi connectivity index (χ0v) is 22.7. The first-order valence-corrected chi connectivity index (χ1v) is 14.0. The Morgan fingerprint density at radius 2 is 1.97 bits per heavy atom. The lowest BCUT2D eigenvalue weighted by atomic mass is 9.89. The fourth-order valence-electron chi connectivity index (χ4n) is 5.12. The van der Waals surface area contributed by atoms with Gasteiger partial charge in [0.05, 0.1) is 23.5 Å². The summed E-state index contributed by atoms with van der Waals surface area (Å²) in [5, 5.41) is 4.86. The van der Waals surface area contributed by atoms with Gasteiger partial charge < -0.3 is 15.0 Å². The normalized spacial score (nSPS) is 17.6. The number of carbonyl (C=O) groups excluding carboxylic acids is 1. The monoisotopic (exact) mass is 534 g/mol. The predicted molar refractivity (Wildman–Crippen MR) is 150 cm³/mol. The molecule has 4 aromatic rings. The van der Waals surface area contributed by atoms with Crippen LogP contribution < -0.4 is 10.1 Å². The van der Waals surface area contributed by atoms with Gasteiger partial charge in [0.15, 0.2) is 0 Å². The summed E-state index contributed by atoms with van der Waals surface area (Å²) in [6.45, 7) is 2.95. The van der Waals surface area contributed by atoms with Crippen molar-refractivity contribution in [1.29, 1.82) is 0 Å². The molecule has 2 heterocycles. The lowest BCUT2D eigenvalue weighted by molar-refractivity contribution is 0.0604. The standard InChI is InChI=1S/C29H31ClN4O2S/c1-3-36-25-13-8-19(24-17-32-14-15-33-24)16-20(25)18-34(22-11-9-21(31-2)10-12-22)29(35)28-27(30)23-6-4-5-7-26(23)37-28/h4-8,13-17,21-22,31H,3,9-12,18H2,1-2H3/t21-,22+. The fourth-order valence-corrected chi connectivity index (χ4v) is 6.58. The molecular weight excluding hydrogens is 504 g/mol. The van der Waals surface area contributed by atoms with Crippen molar-refractivity contribution in [2.24, 2.45) is 0 Å². The summed E-state index contributed by atoms with van der Waals surface area (Å²) >= 11 is 8.25. The summed E-state index contributed by atoms with van der Waals surface area (Å²) < 4.78 is 7.02. The Morgan fingerprint density at radius 1 is 1.16 bits per heavy atom. The van der Waals surface area contributed by atoms with Gasteiger partial charge in [-0.3, -0.25) is 14.8 Å². The number of thiophene rings is 1. The predicted octanol–water partition coefficient (Wildman–Crippen LogP) is 6.58. The highest BCUT2D eigenvalue weighted by Gasteiger charge is 2.32. The highest BCUT2D eigenvalue weighted by Crippen LogP contribution is 2.38. The molecule has 0 bridgehead atoms. The number of rotatable bonds is 8. The van der Waals surface area contributed by atoms with Crippen LogP contribution in [-0.2, 0) is 6.54 Å². The number of nitrogens with one attached hydrogen (secondary N) is 1. The van der Waals surface area contributed by atoms with Gasteiger partial charge in [-0.25, -0.2) is 0 Å². The van der Waals surface area contributed by atoms with Crippen LogP contribution in [0.15, 0.2) is 61.1 Å². The van der Waals surface area contributed by atoms with Crippen molar-refractivity contribution < 1.29 is 9.53 Å². The summed E-state index contributed by atoms with van der Waals surface area (Å²) in [7, 11) is 2.01. The van der Waals surface area contributed by atoms with Gasteiger partial charge in [0.1, 0.15) is 10.6 Å². The van der Waals surface area contributed by atoms with E-state index in [0.717, 1.165) is 58.3 Å². The minimum Gasteiger partial charge on any atom is -0.494 e. The number of hydrogen-bond donors (Lipinski definition) is 1.